The standard InChI is InChI=1S/C19H32N2O3/c1-24-14-13-20-11-6-9-19(18(20)23)10-12-21(15-19)17(22)16-7-4-2-3-5-8-16/h16H,2-15H2,1H3/t19-/m1/s1. The number of rotatable bonds is 4. The third kappa shape index (κ3) is 3.61. The summed E-state index contributed by atoms with van der Waals surface area (Å²) in [7, 11) is 1.67. The van der Waals surface area contributed by atoms with E-state index in [4.69, 9.17) is 4.74 Å². The van der Waals surface area contributed by atoms with Crippen molar-refractivity contribution >= 4 is 11.8 Å². The molecule has 3 rings (SSSR count). The SMILES string of the molecule is COCCN1CCC[C@]2(CCN(C(=O)C3CCCCCC3)C2)C1=O. The number of piperidine rings is 1. The number of hydrogen-bond donors (Lipinski definition) is 0. The van der Waals surface area contributed by atoms with Crippen molar-refractivity contribution in [2.75, 3.05) is 39.9 Å². The summed E-state index contributed by atoms with van der Waals surface area (Å²) < 4.78 is 5.14. The van der Waals surface area contributed by atoms with E-state index in [1.807, 2.05) is 9.80 Å². The van der Waals surface area contributed by atoms with E-state index in [0.717, 1.165) is 45.2 Å². The van der Waals surface area contributed by atoms with E-state index in [2.05, 4.69) is 0 Å². The first-order valence-electron chi connectivity index (χ1n) is 9.73. The molecule has 3 fully saturated rings. The van der Waals surface area contributed by atoms with Gasteiger partial charge in [-0.3, -0.25) is 9.59 Å². The molecule has 0 radical (unpaired) electrons. The summed E-state index contributed by atoms with van der Waals surface area (Å²) in [6.07, 6.45) is 9.78. The van der Waals surface area contributed by atoms with Gasteiger partial charge in [-0.15, -0.1) is 0 Å². The fourth-order valence-electron chi connectivity index (χ4n) is 4.79. The van der Waals surface area contributed by atoms with Crippen molar-refractivity contribution in [1.82, 2.24) is 9.80 Å². The highest BCUT2D eigenvalue weighted by Gasteiger charge is 2.49. The van der Waals surface area contributed by atoms with Gasteiger partial charge in [0.2, 0.25) is 11.8 Å². The fraction of sp³-hybridized carbons (Fsp3) is 0.895. The van der Waals surface area contributed by atoms with Crippen LogP contribution in [0.5, 0.6) is 0 Å². The van der Waals surface area contributed by atoms with Crippen molar-refractivity contribution < 1.29 is 14.3 Å². The molecule has 1 aliphatic carbocycles. The van der Waals surface area contributed by atoms with Gasteiger partial charge < -0.3 is 14.5 Å². The van der Waals surface area contributed by atoms with Crippen LogP contribution in [0.15, 0.2) is 0 Å². The van der Waals surface area contributed by atoms with Crippen molar-refractivity contribution in [3.8, 4) is 0 Å². The molecule has 0 aromatic heterocycles. The molecule has 2 amide bonds. The molecule has 0 aromatic carbocycles. The highest BCUT2D eigenvalue weighted by molar-refractivity contribution is 5.86. The lowest BCUT2D eigenvalue weighted by Gasteiger charge is -2.39. The highest BCUT2D eigenvalue weighted by atomic mass is 16.5. The van der Waals surface area contributed by atoms with Gasteiger partial charge in [0.05, 0.1) is 12.0 Å². The molecule has 2 saturated heterocycles. The zero-order valence-electron chi connectivity index (χ0n) is 15.1. The normalized spacial score (nSPS) is 29.3. The van der Waals surface area contributed by atoms with Crippen LogP contribution in [0.2, 0.25) is 0 Å². The first-order chi connectivity index (χ1) is 11.7. The Labute approximate surface area is 145 Å². The molecule has 0 bridgehead atoms. The Balaban J connectivity index is 1.62. The second-order valence-corrected chi connectivity index (χ2v) is 7.87. The van der Waals surface area contributed by atoms with Crippen LogP contribution < -0.4 is 0 Å². The van der Waals surface area contributed by atoms with Crippen LogP contribution in [0.3, 0.4) is 0 Å². The van der Waals surface area contributed by atoms with E-state index in [1.54, 1.807) is 7.11 Å². The minimum absolute atomic E-state index is 0.200. The number of hydrogen-bond acceptors (Lipinski definition) is 3. The minimum Gasteiger partial charge on any atom is -0.383 e. The Kier molecular flexibility index (Phi) is 5.80. The van der Waals surface area contributed by atoms with Gasteiger partial charge in [-0.1, -0.05) is 25.7 Å². The Morgan fingerprint density at radius 3 is 2.58 bits per heavy atom. The summed E-state index contributed by atoms with van der Waals surface area (Å²) in [5.74, 6) is 0.767. The van der Waals surface area contributed by atoms with Gasteiger partial charge in [-0.25, -0.2) is 0 Å². The van der Waals surface area contributed by atoms with Gasteiger partial charge in [0.1, 0.15) is 0 Å². The van der Waals surface area contributed by atoms with Crippen LogP contribution in [0.4, 0.5) is 0 Å². The van der Waals surface area contributed by atoms with E-state index < -0.39 is 0 Å². The van der Waals surface area contributed by atoms with Crippen LogP contribution in [0, 0.1) is 11.3 Å². The predicted octanol–water partition coefficient (Wildman–Crippen LogP) is 2.44. The largest absolute Gasteiger partial charge is 0.383 e. The molecule has 5 heteroatoms. The van der Waals surface area contributed by atoms with E-state index in [1.165, 1.54) is 25.7 Å². The maximum atomic E-state index is 13.0. The summed E-state index contributed by atoms with van der Waals surface area (Å²) in [5.41, 5.74) is -0.313. The van der Waals surface area contributed by atoms with Gasteiger partial charge in [0.15, 0.2) is 0 Å². The monoisotopic (exact) mass is 336 g/mol. The van der Waals surface area contributed by atoms with Crippen molar-refractivity contribution in [2.24, 2.45) is 11.3 Å². The molecule has 1 saturated carbocycles. The summed E-state index contributed by atoms with van der Waals surface area (Å²) in [6.45, 7) is 3.50. The third-order valence-corrected chi connectivity index (χ3v) is 6.26. The van der Waals surface area contributed by atoms with Gasteiger partial charge in [-0.2, -0.15) is 0 Å². The molecule has 136 valence electrons. The van der Waals surface area contributed by atoms with Gasteiger partial charge in [-0.05, 0) is 32.1 Å². The average molecular weight is 336 g/mol. The van der Waals surface area contributed by atoms with Crippen molar-refractivity contribution in [1.29, 1.82) is 0 Å². The Bertz CT molecular complexity index is 460. The maximum absolute atomic E-state index is 13.0. The maximum Gasteiger partial charge on any atom is 0.230 e. The third-order valence-electron chi connectivity index (χ3n) is 6.26. The molecule has 3 aliphatic rings. The molecule has 1 spiro atoms. The smallest absolute Gasteiger partial charge is 0.230 e. The van der Waals surface area contributed by atoms with Crippen molar-refractivity contribution in [3.63, 3.8) is 0 Å². The quantitative estimate of drug-likeness (QED) is 0.741. The molecular weight excluding hydrogens is 304 g/mol. The summed E-state index contributed by atoms with van der Waals surface area (Å²) >= 11 is 0. The van der Waals surface area contributed by atoms with E-state index in [9.17, 15) is 9.59 Å². The Hall–Kier alpha value is -1.10. The van der Waals surface area contributed by atoms with Crippen molar-refractivity contribution in [3.05, 3.63) is 0 Å². The Morgan fingerprint density at radius 1 is 1.12 bits per heavy atom. The van der Waals surface area contributed by atoms with E-state index in [-0.39, 0.29) is 17.2 Å². The number of carbonyl (C=O) groups excluding carboxylic acids is 2. The summed E-state index contributed by atoms with van der Waals surface area (Å²) in [6, 6.07) is 0. The molecule has 2 aliphatic heterocycles. The van der Waals surface area contributed by atoms with Gasteiger partial charge >= 0.3 is 0 Å². The zero-order valence-corrected chi connectivity index (χ0v) is 15.1. The predicted molar refractivity (Wildman–Crippen MR) is 92.5 cm³/mol. The summed E-state index contributed by atoms with van der Waals surface area (Å²) in [5, 5.41) is 0. The number of nitrogens with zero attached hydrogens (tertiary/aromatic N) is 2. The van der Waals surface area contributed by atoms with E-state index >= 15 is 0 Å². The first kappa shape index (κ1) is 17.7. The highest BCUT2D eigenvalue weighted by Crippen LogP contribution is 2.41. The molecule has 0 N–H and O–H groups in total. The number of ether oxygens (including phenoxy) is 1. The van der Waals surface area contributed by atoms with Crippen LogP contribution >= 0.6 is 0 Å². The number of carbonyl (C=O) groups is 2. The molecule has 0 aromatic rings. The lowest BCUT2D eigenvalue weighted by Crippen LogP contribution is -2.51. The van der Waals surface area contributed by atoms with Crippen molar-refractivity contribution in [2.45, 2.75) is 57.8 Å². The van der Waals surface area contributed by atoms with Gasteiger partial charge in [0.25, 0.3) is 0 Å². The first-order valence-corrected chi connectivity index (χ1v) is 9.73. The molecule has 5 nitrogen and oxygen atoms in total. The molecule has 2 heterocycles. The van der Waals surface area contributed by atoms with Crippen LogP contribution in [0.25, 0.3) is 0 Å². The number of methoxy groups -OCH3 is 1. The topological polar surface area (TPSA) is 49.9 Å². The Morgan fingerprint density at radius 2 is 1.88 bits per heavy atom. The van der Waals surface area contributed by atoms with Gasteiger partial charge in [0, 0.05) is 39.2 Å². The zero-order chi connectivity index (χ0) is 17.0. The molecular formula is C19H32N2O3. The summed E-state index contributed by atoms with van der Waals surface area (Å²) in [4.78, 5) is 29.9. The number of amides is 2. The lowest BCUT2D eigenvalue weighted by molar-refractivity contribution is -0.147. The van der Waals surface area contributed by atoms with Crippen LogP contribution in [0.1, 0.15) is 57.8 Å². The lowest BCUT2D eigenvalue weighted by atomic mass is 9.78. The van der Waals surface area contributed by atoms with Crippen LogP contribution in [-0.2, 0) is 14.3 Å². The minimum atomic E-state index is -0.313. The molecule has 0 unspecified atom stereocenters. The number of likely N-dealkylation sites (tertiary alicyclic amines) is 2. The second kappa shape index (κ2) is 7.85. The van der Waals surface area contributed by atoms with E-state index in [0.29, 0.717) is 25.6 Å². The molecule has 24 heavy (non-hydrogen) atoms. The average Bonchev–Trinajstić information content (AvgIpc) is 2.83. The molecule has 1 atom stereocenters. The second-order valence-electron chi connectivity index (χ2n) is 7.87. The van der Waals surface area contributed by atoms with Crippen LogP contribution in [-0.4, -0.2) is 61.5 Å². The fourth-order valence-corrected chi connectivity index (χ4v) is 4.79.